The van der Waals surface area contributed by atoms with Crippen molar-refractivity contribution >= 4 is 27.5 Å². The van der Waals surface area contributed by atoms with Gasteiger partial charge in [0.1, 0.15) is 12.6 Å². The van der Waals surface area contributed by atoms with Gasteiger partial charge in [-0.1, -0.05) is 110 Å². The molecular weight excluding hydrogens is 582 g/mol. The molecule has 8 heteroatoms. The fourth-order valence-corrected chi connectivity index (χ4v) is 7.35. The van der Waals surface area contributed by atoms with Crippen LogP contribution in [0.15, 0.2) is 120 Å². The lowest BCUT2D eigenvalue weighted by Gasteiger charge is -2.35. The van der Waals surface area contributed by atoms with Crippen molar-refractivity contribution in [3.8, 4) is 0 Å². The van der Waals surface area contributed by atoms with E-state index in [0.29, 0.717) is 12.1 Å². The number of rotatable bonds is 12. The topological polar surface area (TPSA) is 86.8 Å². The molecule has 4 aromatic carbocycles. The Morgan fingerprint density at radius 1 is 0.778 bits per heavy atom. The maximum atomic E-state index is 14.6. The van der Waals surface area contributed by atoms with Gasteiger partial charge < -0.3 is 10.2 Å². The van der Waals surface area contributed by atoms with Crippen molar-refractivity contribution < 1.29 is 18.0 Å². The number of amides is 2. The Morgan fingerprint density at radius 2 is 1.36 bits per heavy atom. The molecule has 5 rings (SSSR count). The van der Waals surface area contributed by atoms with Gasteiger partial charge in [0.05, 0.1) is 10.6 Å². The van der Waals surface area contributed by atoms with E-state index in [9.17, 15) is 18.0 Å². The Labute approximate surface area is 266 Å². The quantitative estimate of drug-likeness (QED) is 0.201. The van der Waals surface area contributed by atoms with Crippen molar-refractivity contribution in [1.29, 1.82) is 0 Å². The van der Waals surface area contributed by atoms with Crippen molar-refractivity contribution in [3.63, 3.8) is 0 Å². The molecule has 0 aliphatic heterocycles. The number of carbonyl (C=O) groups excluding carboxylic acids is 2. The molecule has 2 amide bonds. The number of sulfonamides is 1. The molecule has 0 aromatic heterocycles. The van der Waals surface area contributed by atoms with E-state index in [1.165, 1.54) is 12.1 Å². The van der Waals surface area contributed by atoms with Gasteiger partial charge in [-0.25, -0.2) is 8.42 Å². The second-order valence-corrected chi connectivity index (χ2v) is 13.5. The van der Waals surface area contributed by atoms with Gasteiger partial charge in [0.15, 0.2) is 0 Å². The van der Waals surface area contributed by atoms with Crippen LogP contribution in [0, 0.1) is 6.92 Å². The van der Waals surface area contributed by atoms with Crippen LogP contribution in [0.1, 0.15) is 48.8 Å². The van der Waals surface area contributed by atoms with Crippen LogP contribution in [0.5, 0.6) is 0 Å². The first kappa shape index (κ1) is 32.0. The molecule has 1 atom stereocenters. The van der Waals surface area contributed by atoms with Gasteiger partial charge >= 0.3 is 0 Å². The van der Waals surface area contributed by atoms with Crippen LogP contribution < -0.4 is 9.62 Å². The smallest absolute Gasteiger partial charge is 0.264 e. The van der Waals surface area contributed by atoms with Gasteiger partial charge in [-0.15, -0.1) is 0 Å². The highest BCUT2D eigenvalue weighted by Gasteiger charge is 2.35. The summed E-state index contributed by atoms with van der Waals surface area (Å²) >= 11 is 0. The maximum absolute atomic E-state index is 14.6. The van der Waals surface area contributed by atoms with Crippen LogP contribution in [0.3, 0.4) is 0 Å². The number of para-hydroxylation sites is 1. The Balaban J connectivity index is 1.55. The minimum absolute atomic E-state index is 0.0548. The van der Waals surface area contributed by atoms with Crippen molar-refractivity contribution in [2.75, 3.05) is 10.8 Å². The average molecular weight is 624 g/mol. The molecule has 4 aromatic rings. The van der Waals surface area contributed by atoms with E-state index in [4.69, 9.17) is 0 Å². The molecule has 1 saturated carbocycles. The van der Waals surface area contributed by atoms with Crippen LogP contribution in [0.4, 0.5) is 5.69 Å². The van der Waals surface area contributed by atoms with Crippen LogP contribution in [-0.4, -0.2) is 43.8 Å². The fourth-order valence-electron chi connectivity index (χ4n) is 5.91. The summed E-state index contributed by atoms with van der Waals surface area (Å²) in [6.07, 6.45) is 5.39. The minimum Gasteiger partial charge on any atom is -0.352 e. The normalized spacial score (nSPS) is 14.3. The average Bonchev–Trinajstić information content (AvgIpc) is 3.07. The second kappa shape index (κ2) is 15.0. The largest absolute Gasteiger partial charge is 0.352 e. The van der Waals surface area contributed by atoms with Crippen LogP contribution >= 0.6 is 0 Å². The molecule has 1 aliphatic rings. The first-order chi connectivity index (χ1) is 21.8. The molecule has 0 spiro atoms. The van der Waals surface area contributed by atoms with E-state index < -0.39 is 28.5 Å². The minimum atomic E-state index is -4.11. The zero-order chi connectivity index (χ0) is 31.6. The van der Waals surface area contributed by atoms with Gasteiger partial charge in [-0.3, -0.25) is 13.9 Å². The van der Waals surface area contributed by atoms with Crippen LogP contribution in [0.25, 0.3) is 0 Å². The number of anilines is 1. The molecule has 1 aliphatic carbocycles. The van der Waals surface area contributed by atoms with Crippen LogP contribution in [0.2, 0.25) is 0 Å². The highest BCUT2D eigenvalue weighted by atomic mass is 32.2. The van der Waals surface area contributed by atoms with Crippen LogP contribution in [-0.2, 0) is 32.6 Å². The van der Waals surface area contributed by atoms with Crippen molar-refractivity contribution in [2.24, 2.45) is 0 Å². The van der Waals surface area contributed by atoms with Crippen molar-refractivity contribution in [1.82, 2.24) is 10.2 Å². The zero-order valence-electron chi connectivity index (χ0n) is 25.7. The molecule has 45 heavy (non-hydrogen) atoms. The molecule has 1 fully saturated rings. The lowest BCUT2D eigenvalue weighted by atomic mass is 9.94. The third kappa shape index (κ3) is 8.19. The predicted octanol–water partition coefficient (Wildman–Crippen LogP) is 6.28. The molecule has 1 N–H and O–H groups in total. The molecule has 0 heterocycles. The summed E-state index contributed by atoms with van der Waals surface area (Å²) in [5.74, 6) is -0.675. The number of aryl methyl sites for hydroxylation is 1. The van der Waals surface area contributed by atoms with E-state index in [1.54, 1.807) is 53.4 Å². The van der Waals surface area contributed by atoms with Gasteiger partial charge in [0.2, 0.25) is 11.8 Å². The third-order valence-corrected chi connectivity index (χ3v) is 10.3. The highest BCUT2D eigenvalue weighted by Crippen LogP contribution is 2.25. The number of benzene rings is 4. The summed E-state index contributed by atoms with van der Waals surface area (Å²) in [5.41, 5.74) is 3.17. The maximum Gasteiger partial charge on any atom is 0.264 e. The molecule has 0 radical (unpaired) electrons. The van der Waals surface area contributed by atoms with E-state index in [2.05, 4.69) is 5.32 Å². The van der Waals surface area contributed by atoms with Gasteiger partial charge in [-0.2, -0.15) is 0 Å². The van der Waals surface area contributed by atoms with Crippen molar-refractivity contribution in [2.45, 2.75) is 69.0 Å². The summed E-state index contributed by atoms with van der Waals surface area (Å²) in [4.78, 5) is 30.4. The lowest BCUT2D eigenvalue weighted by Crippen LogP contribution is -2.55. The SMILES string of the molecule is Cc1ccccc1CN(C(=O)CN(c1ccccc1)S(=O)(=O)c1ccccc1)C(Cc1ccccc1)C(=O)NC1CCCCC1. The number of nitrogens with one attached hydrogen (secondary N) is 1. The standard InChI is InChI=1S/C37H41N3O4S/c1-29-16-14-15-19-31(29)27-39(35(26-30-17-6-2-7-18-30)37(42)38-32-20-8-3-9-21-32)36(41)28-40(33-22-10-4-11-23-33)45(43,44)34-24-12-5-13-25-34/h2,4-7,10-19,22-25,32,35H,3,8-9,20-21,26-28H2,1H3,(H,38,42). The number of nitrogens with zero attached hydrogens (tertiary/aromatic N) is 2. The van der Waals surface area contributed by atoms with E-state index in [1.807, 2.05) is 61.5 Å². The molecule has 1 unspecified atom stereocenters. The predicted molar refractivity (Wildman–Crippen MR) is 178 cm³/mol. The second-order valence-electron chi connectivity index (χ2n) is 11.7. The molecule has 0 saturated heterocycles. The van der Waals surface area contributed by atoms with Crippen molar-refractivity contribution in [3.05, 3.63) is 132 Å². The summed E-state index contributed by atoms with van der Waals surface area (Å²) in [5, 5.41) is 3.25. The van der Waals surface area contributed by atoms with E-state index in [0.717, 1.165) is 53.1 Å². The molecule has 0 bridgehead atoms. The highest BCUT2D eigenvalue weighted by molar-refractivity contribution is 7.92. The number of carbonyl (C=O) groups is 2. The third-order valence-electron chi connectivity index (χ3n) is 8.48. The monoisotopic (exact) mass is 623 g/mol. The Kier molecular flexibility index (Phi) is 10.7. The summed E-state index contributed by atoms with van der Waals surface area (Å²) in [7, 11) is -4.11. The summed E-state index contributed by atoms with van der Waals surface area (Å²) in [6.45, 7) is 1.67. The Morgan fingerprint density at radius 3 is 2.00 bits per heavy atom. The van der Waals surface area contributed by atoms with Gasteiger partial charge in [0.25, 0.3) is 10.0 Å². The number of hydrogen-bond donors (Lipinski definition) is 1. The van der Waals surface area contributed by atoms with Gasteiger partial charge in [-0.05, 0) is 60.7 Å². The zero-order valence-corrected chi connectivity index (χ0v) is 26.5. The lowest BCUT2D eigenvalue weighted by molar-refractivity contribution is -0.140. The summed E-state index contributed by atoms with van der Waals surface area (Å²) < 4.78 is 29.2. The molecule has 7 nitrogen and oxygen atoms in total. The summed E-state index contributed by atoms with van der Waals surface area (Å²) in [6, 6.07) is 33.4. The van der Waals surface area contributed by atoms with Gasteiger partial charge in [0, 0.05) is 19.0 Å². The van der Waals surface area contributed by atoms with E-state index >= 15 is 0 Å². The first-order valence-corrected chi connectivity index (χ1v) is 17.1. The molecule has 234 valence electrons. The first-order valence-electron chi connectivity index (χ1n) is 15.6. The Bertz CT molecular complexity index is 1660. The van der Waals surface area contributed by atoms with E-state index in [-0.39, 0.29) is 23.4 Å². The molecular formula is C37H41N3O4S. The fraction of sp³-hybridized carbons (Fsp3) is 0.297. The number of hydrogen-bond acceptors (Lipinski definition) is 4. The Hall–Kier alpha value is -4.43.